The minimum atomic E-state index is 0.426. The monoisotopic (exact) mass is 367 g/mol. The van der Waals surface area contributed by atoms with Gasteiger partial charge in [0.1, 0.15) is 11.6 Å². The van der Waals surface area contributed by atoms with E-state index in [-0.39, 0.29) is 0 Å². The van der Waals surface area contributed by atoms with Crippen LogP contribution in [0.3, 0.4) is 0 Å². The van der Waals surface area contributed by atoms with Crippen molar-refractivity contribution in [1.82, 2.24) is 29.8 Å². The molecule has 1 aliphatic rings. The van der Waals surface area contributed by atoms with E-state index in [1.165, 1.54) is 11.3 Å². The molecular weight excluding hydrogens is 346 g/mol. The average Bonchev–Trinajstić information content (AvgIpc) is 3.08. The van der Waals surface area contributed by atoms with E-state index in [0.29, 0.717) is 17.6 Å². The highest BCUT2D eigenvalue weighted by Crippen LogP contribution is 2.27. The molecule has 0 bridgehead atoms. The molecule has 0 aromatic carbocycles. The van der Waals surface area contributed by atoms with Crippen LogP contribution in [-0.2, 0) is 6.54 Å². The number of thiazole rings is 1. The molecule has 0 saturated carbocycles. The Morgan fingerprint density at radius 1 is 1.12 bits per heavy atom. The van der Waals surface area contributed by atoms with Gasteiger partial charge in [-0.2, -0.15) is 0 Å². The molecule has 1 N–H and O–H groups in total. The van der Waals surface area contributed by atoms with Crippen LogP contribution in [0.5, 0.6) is 0 Å². The first-order chi connectivity index (χ1) is 12.8. The molecule has 4 rings (SSSR count). The van der Waals surface area contributed by atoms with E-state index in [4.69, 9.17) is 0 Å². The lowest BCUT2D eigenvalue weighted by Crippen LogP contribution is -2.34. The van der Waals surface area contributed by atoms with Gasteiger partial charge in [-0.05, 0) is 26.3 Å². The predicted molar refractivity (Wildman–Crippen MR) is 101 cm³/mol. The van der Waals surface area contributed by atoms with Gasteiger partial charge in [0.25, 0.3) is 0 Å². The average molecular weight is 367 g/mol. The number of piperidine rings is 1. The molecule has 3 aromatic heterocycles. The Hall–Kier alpha value is -2.45. The van der Waals surface area contributed by atoms with Gasteiger partial charge in [0.2, 0.25) is 0 Å². The van der Waals surface area contributed by atoms with Crippen molar-refractivity contribution in [3.05, 3.63) is 52.8 Å². The van der Waals surface area contributed by atoms with E-state index in [2.05, 4.69) is 42.1 Å². The number of nitrogens with zero attached hydrogens (tertiary/aromatic N) is 6. The topological polar surface area (TPSA) is 79.7 Å². The zero-order valence-electron chi connectivity index (χ0n) is 14.7. The van der Waals surface area contributed by atoms with E-state index in [1.54, 1.807) is 36.1 Å². The van der Waals surface area contributed by atoms with E-state index in [9.17, 15) is 0 Å². The smallest absolute Gasteiger partial charge is 0.150 e. The van der Waals surface area contributed by atoms with Crippen molar-refractivity contribution in [3.63, 3.8) is 0 Å². The van der Waals surface area contributed by atoms with Gasteiger partial charge in [-0.25, -0.2) is 15.0 Å². The molecule has 0 aliphatic carbocycles. The van der Waals surface area contributed by atoms with Gasteiger partial charge >= 0.3 is 0 Å². The van der Waals surface area contributed by atoms with Gasteiger partial charge in [0.05, 0.1) is 35.5 Å². The van der Waals surface area contributed by atoms with Crippen LogP contribution in [0.15, 0.2) is 36.5 Å². The summed E-state index contributed by atoms with van der Waals surface area (Å²) < 4.78 is 0. The maximum Gasteiger partial charge on any atom is 0.150 e. The van der Waals surface area contributed by atoms with Crippen molar-refractivity contribution in [2.24, 2.45) is 0 Å². The van der Waals surface area contributed by atoms with Crippen LogP contribution in [0.25, 0.3) is 0 Å². The van der Waals surface area contributed by atoms with Crippen molar-refractivity contribution in [2.75, 3.05) is 18.4 Å². The minimum absolute atomic E-state index is 0.426. The Bertz CT molecular complexity index is 834. The summed E-state index contributed by atoms with van der Waals surface area (Å²) in [6.07, 6.45) is 10.9. The highest BCUT2D eigenvalue weighted by Gasteiger charge is 2.23. The van der Waals surface area contributed by atoms with E-state index < -0.39 is 0 Å². The Morgan fingerprint density at radius 2 is 2.04 bits per heavy atom. The first kappa shape index (κ1) is 17.0. The fraction of sp³-hybridized carbons (Fsp3) is 0.389. The lowest BCUT2D eigenvalue weighted by atomic mass is 9.95. The molecule has 0 unspecified atom stereocenters. The summed E-state index contributed by atoms with van der Waals surface area (Å²) in [7, 11) is 0. The van der Waals surface area contributed by atoms with Crippen molar-refractivity contribution in [2.45, 2.75) is 32.2 Å². The quantitative estimate of drug-likeness (QED) is 0.742. The number of nitrogens with one attached hydrogen (secondary N) is 1. The molecule has 7 nitrogen and oxygen atoms in total. The Balaban J connectivity index is 1.39. The predicted octanol–water partition coefficient (Wildman–Crippen LogP) is 3.15. The molecule has 4 heterocycles. The molecule has 1 fully saturated rings. The molecule has 8 heteroatoms. The maximum absolute atomic E-state index is 4.64. The zero-order valence-corrected chi connectivity index (χ0v) is 15.5. The number of likely N-dealkylation sites (tertiary alicyclic amines) is 1. The maximum atomic E-state index is 4.64. The number of aromatic nitrogens is 5. The third-order valence-electron chi connectivity index (χ3n) is 4.63. The normalized spacial score (nSPS) is 18.0. The zero-order chi connectivity index (χ0) is 17.8. The summed E-state index contributed by atoms with van der Waals surface area (Å²) in [5, 5.41) is 3.12. The molecule has 0 amide bonds. The fourth-order valence-corrected chi connectivity index (χ4v) is 4.05. The van der Waals surface area contributed by atoms with Gasteiger partial charge in [-0.3, -0.25) is 14.9 Å². The number of hydrogen-bond acceptors (Lipinski definition) is 8. The molecule has 0 radical (unpaired) electrons. The van der Waals surface area contributed by atoms with Crippen LogP contribution < -0.4 is 5.32 Å². The second-order valence-corrected chi connectivity index (χ2v) is 7.42. The first-order valence-electron chi connectivity index (χ1n) is 8.74. The van der Waals surface area contributed by atoms with E-state index >= 15 is 0 Å². The molecule has 3 aromatic rings. The van der Waals surface area contributed by atoms with Gasteiger partial charge in [0.15, 0.2) is 0 Å². The molecule has 1 atom stereocenters. The van der Waals surface area contributed by atoms with Gasteiger partial charge < -0.3 is 5.32 Å². The summed E-state index contributed by atoms with van der Waals surface area (Å²) in [6.45, 7) is 5.21. The lowest BCUT2D eigenvalue weighted by Gasteiger charge is -2.32. The molecule has 1 saturated heterocycles. The fourth-order valence-electron chi connectivity index (χ4n) is 3.23. The summed E-state index contributed by atoms with van der Waals surface area (Å²) >= 11 is 1.74. The van der Waals surface area contributed by atoms with E-state index in [1.807, 2.05) is 11.7 Å². The second-order valence-electron chi connectivity index (χ2n) is 6.48. The van der Waals surface area contributed by atoms with Crippen LogP contribution >= 0.6 is 11.3 Å². The third kappa shape index (κ3) is 4.03. The largest absolute Gasteiger partial charge is 0.322 e. The Kier molecular flexibility index (Phi) is 5.12. The first-order valence-corrected chi connectivity index (χ1v) is 9.62. The lowest BCUT2D eigenvalue weighted by molar-refractivity contribution is 0.199. The second kappa shape index (κ2) is 7.84. The number of anilines is 2. The van der Waals surface area contributed by atoms with Gasteiger partial charge in [0, 0.05) is 36.3 Å². The number of rotatable bonds is 5. The van der Waals surface area contributed by atoms with E-state index in [0.717, 1.165) is 37.4 Å². The number of aryl methyl sites for hydroxylation is 1. The van der Waals surface area contributed by atoms with Crippen molar-refractivity contribution in [3.8, 4) is 0 Å². The van der Waals surface area contributed by atoms with Crippen LogP contribution in [0, 0.1) is 6.92 Å². The van der Waals surface area contributed by atoms with Crippen LogP contribution in [-0.4, -0.2) is 42.9 Å². The van der Waals surface area contributed by atoms with Crippen molar-refractivity contribution in [1.29, 1.82) is 0 Å². The highest BCUT2D eigenvalue weighted by atomic mass is 32.1. The van der Waals surface area contributed by atoms with Crippen LogP contribution in [0.4, 0.5) is 11.6 Å². The minimum Gasteiger partial charge on any atom is -0.322 e. The Morgan fingerprint density at radius 3 is 2.77 bits per heavy atom. The van der Waals surface area contributed by atoms with Crippen molar-refractivity contribution < 1.29 is 0 Å². The summed E-state index contributed by atoms with van der Waals surface area (Å²) in [5.41, 5.74) is 4.14. The molecule has 134 valence electrons. The van der Waals surface area contributed by atoms with Gasteiger partial charge in [-0.1, -0.05) is 0 Å². The Labute approximate surface area is 156 Å². The molecule has 26 heavy (non-hydrogen) atoms. The summed E-state index contributed by atoms with van der Waals surface area (Å²) in [5.74, 6) is 1.77. The van der Waals surface area contributed by atoms with Crippen LogP contribution in [0.1, 0.15) is 35.0 Å². The van der Waals surface area contributed by atoms with Crippen LogP contribution in [0.2, 0.25) is 0 Å². The SMILES string of the molecule is Cc1ncsc1CN1CCC[C@@H](c2cnc(Nc3cnccn3)cn2)C1. The highest BCUT2D eigenvalue weighted by molar-refractivity contribution is 7.09. The summed E-state index contributed by atoms with van der Waals surface area (Å²) in [4.78, 5) is 25.6. The van der Waals surface area contributed by atoms with Gasteiger partial charge in [-0.15, -0.1) is 11.3 Å². The third-order valence-corrected chi connectivity index (χ3v) is 5.55. The standard InChI is InChI=1S/C18H21N7S/c1-13-16(26-12-23-13)11-25-6-2-3-14(10-25)15-7-22-18(9-21-15)24-17-8-19-4-5-20-17/h4-5,7-9,12,14H,2-3,6,10-11H2,1H3,(H,20,22,24)/t14-/m1/s1. The summed E-state index contributed by atoms with van der Waals surface area (Å²) in [6, 6.07) is 0. The molecular formula is C18H21N7S. The molecule has 1 aliphatic heterocycles. The molecule has 0 spiro atoms. The number of hydrogen-bond donors (Lipinski definition) is 1. The van der Waals surface area contributed by atoms with Crippen molar-refractivity contribution >= 4 is 23.0 Å².